The van der Waals surface area contributed by atoms with E-state index in [1.807, 2.05) is 12.1 Å². The van der Waals surface area contributed by atoms with E-state index in [4.69, 9.17) is 15.0 Å². The first-order valence-electron chi connectivity index (χ1n) is 8.73. The molecule has 0 atom stereocenters. The van der Waals surface area contributed by atoms with Crippen LogP contribution in [-0.4, -0.2) is 25.2 Å². The van der Waals surface area contributed by atoms with Crippen molar-refractivity contribution in [2.45, 2.75) is 19.8 Å². The van der Waals surface area contributed by atoms with E-state index in [-0.39, 0.29) is 5.56 Å². The van der Waals surface area contributed by atoms with Gasteiger partial charge >= 0.3 is 0 Å². The smallest absolute Gasteiger partial charge is 0.141 e. The molecule has 0 N–H and O–H groups in total. The van der Waals surface area contributed by atoms with Gasteiger partial charge in [-0.05, 0) is 30.9 Å². The normalized spacial score (nSPS) is 14.8. The number of nitrogens with zero attached hydrogens (tertiary/aromatic N) is 3. The minimum atomic E-state index is -0.557. The number of anilines is 1. The van der Waals surface area contributed by atoms with E-state index in [1.165, 1.54) is 12.1 Å². The zero-order valence-electron chi connectivity index (χ0n) is 15.1. The van der Waals surface area contributed by atoms with Gasteiger partial charge in [-0.25, -0.2) is 9.37 Å². The van der Waals surface area contributed by atoms with Crippen LogP contribution in [0.3, 0.4) is 0 Å². The quantitative estimate of drug-likeness (QED) is 0.805. The van der Waals surface area contributed by atoms with Gasteiger partial charge in [0.05, 0.1) is 18.4 Å². The molecule has 1 aromatic carbocycles. The second-order valence-corrected chi connectivity index (χ2v) is 6.63. The zero-order chi connectivity index (χ0) is 18.7. The van der Waals surface area contributed by atoms with Gasteiger partial charge in [-0.3, -0.25) is 0 Å². The molecule has 4 nitrogen and oxygen atoms in total. The third kappa shape index (κ3) is 3.41. The summed E-state index contributed by atoms with van der Waals surface area (Å²) in [5, 5.41) is 8.95. The van der Waals surface area contributed by atoms with Crippen molar-refractivity contribution >= 4 is 11.9 Å². The number of nitriles is 1. The van der Waals surface area contributed by atoms with Crippen LogP contribution in [0.5, 0.6) is 5.75 Å². The maximum atomic E-state index is 14.1. The molecule has 1 fully saturated rings. The molecular weight excluding hydrogens is 329 g/mol. The molecule has 1 saturated heterocycles. The number of aromatic nitrogens is 1. The monoisotopic (exact) mass is 351 g/mol. The lowest BCUT2D eigenvalue weighted by Crippen LogP contribution is -2.33. The maximum Gasteiger partial charge on any atom is 0.141 e. The van der Waals surface area contributed by atoms with Crippen molar-refractivity contribution in [1.29, 1.82) is 5.26 Å². The Morgan fingerprint density at radius 3 is 2.65 bits per heavy atom. The van der Waals surface area contributed by atoms with Crippen molar-refractivity contribution in [1.82, 2.24) is 4.98 Å². The van der Waals surface area contributed by atoms with E-state index in [0.717, 1.165) is 31.7 Å². The van der Waals surface area contributed by atoms with Crippen molar-refractivity contribution in [3.63, 3.8) is 0 Å². The number of hydrogen-bond donors (Lipinski definition) is 0. The van der Waals surface area contributed by atoms with Crippen LogP contribution in [-0.2, 0) is 0 Å². The zero-order valence-corrected chi connectivity index (χ0v) is 15.1. The summed E-state index contributed by atoms with van der Waals surface area (Å²) < 4.78 is 19.7. The molecule has 1 aromatic heterocycles. The van der Waals surface area contributed by atoms with Gasteiger partial charge in [0.1, 0.15) is 23.5 Å². The molecule has 5 heteroatoms. The number of ether oxygens (including phenoxy) is 1. The van der Waals surface area contributed by atoms with E-state index in [1.54, 1.807) is 19.3 Å². The number of halogens is 1. The number of rotatable bonds is 4. The molecule has 0 aliphatic carbocycles. The van der Waals surface area contributed by atoms with Crippen LogP contribution >= 0.6 is 0 Å². The lowest BCUT2D eigenvalue weighted by molar-refractivity contribution is 0.411. The Hall–Kier alpha value is -2.87. The molecule has 0 radical (unpaired) electrons. The van der Waals surface area contributed by atoms with Crippen molar-refractivity contribution in [3.8, 4) is 23.1 Å². The summed E-state index contributed by atoms with van der Waals surface area (Å²) in [6, 6.07) is 8.28. The highest BCUT2D eigenvalue weighted by molar-refractivity contribution is 5.77. The molecule has 0 bridgehead atoms. The SMILES string of the molecule is C=Cc1c(OC)cc(N2CCC(C)CC2)nc1-c1ccc(C#N)c(F)c1. The highest BCUT2D eigenvalue weighted by Crippen LogP contribution is 2.35. The first-order chi connectivity index (χ1) is 12.6. The highest BCUT2D eigenvalue weighted by Gasteiger charge is 2.21. The largest absolute Gasteiger partial charge is 0.496 e. The summed E-state index contributed by atoms with van der Waals surface area (Å²) in [4.78, 5) is 7.03. The minimum Gasteiger partial charge on any atom is -0.496 e. The van der Waals surface area contributed by atoms with Gasteiger partial charge in [0.25, 0.3) is 0 Å². The predicted molar refractivity (Wildman–Crippen MR) is 102 cm³/mol. The molecule has 3 rings (SSSR count). The van der Waals surface area contributed by atoms with Gasteiger partial charge in [0.2, 0.25) is 0 Å². The van der Waals surface area contributed by atoms with Gasteiger partial charge in [-0.2, -0.15) is 5.26 Å². The summed E-state index contributed by atoms with van der Waals surface area (Å²) >= 11 is 0. The van der Waals surface area contributed by atoms with E-state index in [9.17, 15) is 4.39 Å². The predicted octanol–water partition coefficient (Wildman–Crippen LogP) is 4.65. The molecule has 1 aliphatic rings. The van der Waals surface area contributed by atoms with Crippen LogP contribution in [0.1, 0.15) is 30.9 Å². The van der Waals surface area contributed by atoms with Crippen LogP contribution in [0.15, 0.2) is 30.8 Å². The fraction of sp³-hybridized carbons (Fsp3) is 0.333. The third-order valence-corrected chi connectivity index (χ3v) is 4.90. The number of hydrogen-bond acceptors (Lipinski definition) is 4. The second-order valence-electron chi connectivity index (χ2n) is 6.63. The Balaban J connectivity index is 2.11. The van der Waals surface area contributed by atoms with Crippen LogP contribution in [0.2, 0.25) is 0 Å². The van der Waals surface area contributed by atoms with Crippen LogP contribution in [0.4, 0.5) is 10.2 Å². The second kappa shape index (κ2) is 7.57. The molecule has 0 amide bonds. The standard InChI is InChI=1S/C21H22FN3O/c1-4-17-19(26-3)12-20(25-9-7-14(2)8-10-25)24-21(17)15-5-6-16(13-23)18(22)11-15/h4-6,11-12,14H,1,7-10H2,2-3H3. The van der Waals surface area contributed by atoms with Crippen molar-refractivity contribution in [3.05, 3.63) is 47.8 Å². The number of methoxy groups -OCH3 is 1. The Morgan fingerprint density at radius 2 is 2.08 bits per heavy atom. The molecule has 0 spiro atoms. The van der Waals surface area contributed by atoms with E-state index < -0.39 is 5.82 Å². The summed E-state index contributed by atoms with van der Waals surface area (Å²) in [6.45, 7) is 7.99. The lowest BCUT2D eigenvalue weighted by Gasteiger charge is -2.32. The average molecular weight is 351 g/mol. The molecule has 134 valence electrons. The topological polar surface area (TPSA) is 49.1 Å². The summed E-state index contributed by atoms with van der Waals surface area (Å²) in [6.07, 6.45) is 3.90. The number of piperidine rings is 1. The van der Waals surface area contributed by atoms with Crippen molar-refractivity contribution in [2.75, 3.05) is 25.1 Å². The first kappa shape index (κ1) is 17.9. The van der Waals surface area contributed by atoms with Gasteiger partial charge in [0.15, 0.2) is 0 Å². The van der Waals surface area contributed by atoms with Gasteiger partial charge < -0.3 is 9.64 Å². The molecule has 0 unspecified atom stereocenters. The summed E-state index contributed by atoms with van der Waals surface area (Å²) in [7, 11) is 1.60. The van der Waals surface area contributed by atoms with Crippen molar-refractivity contribution in [2.24, 2.45) is 5.92 Å². The minimum absolute atomic E-state index is 0.0158. The summed E-state index contributed by atoms with van der Waals surface area (Å²) in [5.74, 6) is 1.63. The molecule has 26 heavy (non-hydrogen) atoms. The highest BCUT2D eigenvalue weighted by atomic mass is 19.1. The number of benzene rings is 1. The molecular formula is C21H22FN3O. The van der Waals surface area contributed by atoms with E-state index in [2.05, 4.69) is 18.4 Å². The van der Waals surface area contributed by atoms with Crippen molar-refractivity contribution < 1.29 is 9.13 Å². The van der Waals surface area contributed by atoms with E-state index >= 15 is 0 Å². The van der Waals surface area contributed by atoms with Gasteiger partial charge in [-0.15, -0.1) is 0 Å². The number of pyridine rings is 1. The Bertz CT molecular complexity index is 864. The molecule has 1 aliphatic heterocycles. The van der Waals surface area contributed by atoms with Crippen LogP contribution in [0, 0.1) is 23.1 Å². The fourth-order valence-electron chi connectivity index (χ4n) is 3.26. The molecule has 2 aromatic rings. The average Bonchev–Trinajstić information content (AvgIpc) is 2.67. The first-order valence-corrected chi connectivity index (χ1v) is 8.73. The van der Waals surface area contributed by atoms with Gasteiger partial charge in [-0.1, -0.05) is 25.6 Å². The van der Waals surface area contributed by atoms with Crippen LogP contribution in [0.25, 0.3) is 17.3 Å². The third-order valence-electron chi connectivity index (χ3n) is 4.90. The van der Waals surface area contributed by atoms with Gasteiger partial charge in [0, 0.05) is 30.3 Å². The summed E-state index contributed by atoms with van der Waals surface area (Å²) in [5.41, 5.74) is 1.94. The Kier molecular flexibility index (Phi) is 5.22. The Morgan fingerprint density at radius 1 is 1.35 bits per heavy atom. The molecule has 2 heterocycles. The lowest BCUT2D eigenvalue weighted by atomic mass is 9.99. The van der Waals surface area contributed by atoms with E-state index in [0.29, 0.717) is 28.5 Å². The maximum absolute atomic E-state index is 14.1. The Labute approximate surface area is 153 Å². The fourth-order valence-corrected chi connectivity index (χ4v) is 3.26. The van der Waals surface area contributed by atoms with Crippen LogP contribution < -0.4 is 9.64 Å². The molecule has 0 saturated carbocycles.